The number of nitrogens with one attached hydrogen (secondary N) is 1. The molecule has 0 saturated carbocycles. The van der Waals surface area contributed by atoms with Gasteiger partial charge in [0, 0.05) is 29.2 Å². The molecule has 19 heavy (non-hydrogen) atoms. The van der Waals surface area contributed by atoms with Crippen molar-refractivity contribution in [3.05, 3.63) is 41.7 Å². The van der Waals surface area contributed by atoms with Gasteiger partial charge in [-0.2, -0.15) is 16.9 Å². The minimum absolute atomic E-state index is 0.520. The summed E-state index contributed by atoms with van der Waals surface area (Å²) in [5.74, 6) is 2.44. The number of anilines is 1. The van der Waals surface area contributed by atoms with Crippen LogP contribution in [0.1, 0.15) is 12.8 Å². The topological polar surface area (TPSA) is 29.9 Å². The van der Waals surface area contributed by atoms with E-state index in [4.69, 9.17) is 11.6 Å². The van der Waals surface area contributed by atoms with Crippen LogP contribution >= 0.6 is 23.4 Å². The van der Waals surface area contributed by atoms with Gasteiger partial charge in [-0.05, 0) is 42.9 Å². The van der Waals surface area contributed by atoms with Crippen molar-refractivity contribution in [3.8, 4) is 5.69 Å². The summed E-state index contributed by atoms with van der Waals surface area (Å²) in [4.78, 5) is 0. The van der Waals surface area contributed by atoms with Crippen LogP contribution in [0.3, 0.4) is 0 Å². The Morgan fingerprint density at radius 1 is 1.42 bits per heavy atom. The van der Waals surface area contributed by atoms with E-state index in [1.807, 2.05) is 46.9 Å². The molecule has 1 atom stereocenters. The number of aromatic nitrogens is 2. The number of rotatable bonds is 3. The molecule has 1 fully saturated rings. The van der Waals surface area contributed by atoms with Crippen LogP contribution in [0.25, 0.3) is 5.69 Å². The average molecular weight is 294 g/mol. The molecule has 2 heterocycles. The summed E-state index contributed by atoms with van der Waals surface area (Å²) in [6.07, 6.45) is 6.23. The predicted octanol–water partition coefficient (Wildman–Crippen LogP) is 3.83. The van der Waals surface area contributed by atoms with E-state index in [2.05, 4.69) is 10.4 Å². The summed E-state index contributed by atoms with van der Waals surface area (Å²) in [6.45, 7) is 0. The number of benzene rings is 1. The van der Waals surface area contributed by atoms with E-state index in [9.17, 15) is 0 Å². The van der Waals surface area contributed by atoms with Crippen LogP contribution in [0.5, 0.6) is 0 Å². The summed E-state index contributed by atoms with van der Waals surface area (Å²) >= 11 is 8.13. The van der Waals surface area contributed by atoms with Crippen LogP contribution in [0.2, 0.25) is 5.02 Å². The van der Waals surface area contributed by atoms with Gasteiger partial charge in [-0.25, -0.2) is 4.68 Å². The van der Waals surface area contributed by atoms with Crippen LogP contribution in [0.15, 0.2) is 36.7 Å². The third kappa shape index (κ3) is 3.07. The zero-order valence-corrected chi connectivity index (χ0v) is 12.1. The standard InChI is InChI=1S/C14H16ClN3S/c15-11-4-5-14(18-7-2-6-16-18)13(9-11)17-12-3-1-8-19-10-12/h2,4-7,9,12,17H,1,3,8,10H2. The van der Waals surface area contributed by atoms with Crippen LogP contribution in [-0.4, -0.2) is 27.3 Å². The lowest BCUT2D eigenvalue weighted by Crippen LogP contribution is -2.26. The second kappa shape index (κ2) is 5.88. The van der Waals surface area contributed by atoms with Gasteiger partial charge in [0.25, 0.3) is 0 Å². The highest BCUT2D eigenvalue weighted by atomic mass is 35.5. The van der Waals surface area contributed by atoms with E-state index in [-0.39, 0.29) is 0 Å². The summed E-state index contributed by atoms with van der Waals surface area (Å²) in [6, 6.07) is 8.34. The maximum absolute atomic E-state index is 6.12. The Morgan fingerprint density at radius 2 is 2.37 bits per heavy atom. The zero-order valence-electron chi connectivity index (χ0n) is 10.6. The molecule has 1 saturated heterocycles. The van der Waals surface area contributed by atoms with E-state index in [0.717, 1.165) is 22.2 Å². The van der Waals surface area contributed by atoms with E-state index >= 15 is 0 Å². The van der Waals surface area contributed by atoms with Gasteiger partial charge >= 0.3 is 0 Å². The van der Waals surface area contributed by atoms with Gasteiger partial charge in [0.1, 0.15) is 0 Å². The van der Waals surface area contributed by atoms with Gasteiger partial charge in [-0.1, -0.05) is 11.6 Å². The van der Waals surface area contributed by atoms with Gasteiger partial charge in [-0.15, -0.1) is 0 Å². The second-order valence-corrected chi connectivity index (χ2v) is 6.26. The molecule has 1 aromatic heterocycles. The molecule has 1 aromatic carbocycles. The van der Waals surface area contributed by atoms with Gasteiger partial charge in [0.15, 0.2) is 0 Å². The molecule has 3 rings (SSSR count). The third-order valence-electron chi connectivity index (χ3n) is 3.23. The van der Waals surface area contributed by atoms with Crippen molar-refractivity contribution in [1.82, 2.24) is 9.78 Å². The van der Waals surface area contributed by atoms with Gasteiger partial charge in [-0.3, -0.25) is 0 Å². The summed E-state index contributed by atoms with van der Waals surface area (Å²) in [7, 11) is 0. The molecule has 0 aliphatic carbocycles. The van der Waals surface area contributed by atoms with Crippen molar-refractivity contribution in [1.29, 1.82) is 0 Å². The van der Waals surface area contributed by atoms with Crippen LogP contribution in [-0.2, 0) is 0 Å². The molecule has 1 aliphatic heterocycles. The first-order valence-electron chi connectivity index (χ1n) is 6.47. The van der Waals surface area contributed by atoms with Gasteiger partial charge < -0.3 is 5.32 Å². The lowest BCUT2D eigenvalue weighted by atomic mass is 10.1. The zero-order chi connectivity index (χ0) is 13.1. The fourth-order valence-corrected chi connectivity index (χ4v) is 3.55. The van der Waals surface area contributed by atoms with Gasteiger partial charge in [0.05, 0.1) is 11.4 Å². The Balaban J connectivity index is 1.88. The molecule has 100 valence electrons. The van der Waals surface area contributed by atoms with E-state index in [1.165, 1.54) is 18.6 Å². The minimum atomic E-state index is 0.520. The molecule has 2 aromatic rings. The third-order valence-corrected chi connectivity index (χ3v) is 4.68. The number of hydrogen-bond acceptors (Lipinski definition) is 3. The maximum Gasteiger partial charge on any atom is 0.0877 e. The highest BCUT2D eigenvalue weighted by Crippen LogP contribution is 2.27. The highest BCUT2D eigenvalue weighted by Gasteiger charge is 2.15. The van der Waals surface area contributed by atoms with Crippen molar-refractivity contribution in [3.63, 3.8) is 0 Å². The van der Waals surface area contributed by atoms with Crippen LogP contribution in [0, 0.1) is 0 Å². The highest BCUT2D eigenvalue weighted by molar-refractivity contribution is 7.99. The fraction of sp³-hybridized carbons (Fsp3) is 0.357. The number of thioether (sulfide) groups is 1. The Morgan fingerprint density at radius 3 is 3.11 bits per heavy atom. The Hall–Kier alpha value is -1.13. The molecular formula is C14H16ClN3S. The van der Waals surface area contributed by atoms with Crippen molar-refractivity contribution in [2.75, 3.05) is 16.8 Å². The summed E-state index contributed by atoms with van der Waals surface area (Å²) in [5.41, 5.74) is 2.11. The molecule has 3 nitrogen and oxygen atoms in total. The lowest BCUT2D eigenvalue weighted by molar-refractivity contribution is 0.684. The van der Waals surface area contributed by atoms with E-state index < -0.39 is 0 Å². The summed E-state index contributed by atoms with van der Waals surface area (Å²) in [5, 5.41) is 8.66. The smallest absolute Gasteiger partial charge is 0.0877 e. The molecule has 1 unspecified atom stereocenters. The molecule has 5 heteroatoms. The number of halogens is 1. The van der Waals surface area contributed by atoms with Crippen LogP contribution < -0.4 is 5.32 Å². The van der Waals surface area contributed by atoms with E-state index in [0.29, 0.717) is 6.04 Å². The molecular weight excluding hydrogens is 278 g/mol. The summed E-state index contributed by atoms with van der Waals surface area (Å²) < 4.78 is 1.87. The first-order chi connectivity index (χ1) is 9.33. The first-order valence-corrected chi connectivity index (χ1v) is 8.00. The minimum Gasteiger partial charge on any atom is -0.380 e. The molecule has 0 amide bonds. The second-order valence-electron chi connectivity index (χ2n) is 4.67. The Bertz CT molecular complexity index is 536. The molecule has 0 radical (unpaired) electrons. The fourth-order valence-electron chi connectivity index (χ4n) is 2.31. The SMILES string of the molecule is Clc1ccc(-n2cccn2)c(NC2CCCSC2)c1. The normalized spacial score (nSPS) is 19.3. The molecule has 0 spiro atoms. The predicted molar refractivity (Wildman–Crippen MR) is 82.5 cm³/mol. The van der Waals surface area contributed by atoms with E-state index in [1.54, 1.807) is 6.20 Å². The monoisotopic (exact) mass is 293 g/mol. The lowest BCUT2D eigenvalue weighted by Gasteiger charge is -2.25. The molecule has 1 N–H and O–H groups in total. The first kappa shape index (κ1) is 12.9. The van der Waals surface area contributed by atoms with Crippen molar-refractivity contribution in [2.45, 2.75) is 18.9 Å². The average Bonchev–Trinajstić information content (AvgIpc) is 2.94. The van der Waals surface area contributed by atoms with Crippen LogP contribution in [0.4, 0.5) is 5.69 Å². The van der Waals surface area contributed by atoms with Crippen molar-refractivity contribution in [2.24, 2.45) is 0 Å². The van der Waals surface area contributed by atoms with Crippen molar-refractivity contribution >= 4 is 29.1 Å². The number of hydrogen-bond donors (Lipinski definition) is 1. The maximum atomic E-state index is 6.12. The quantitative estimate of drug-likeness (QED) is 0.933. The molecule has 0 bridgehead atoms. The Kier molecular flexibility index (Phi) is 3.99. The Labute approximate surface area is 122 Å². The number of nitrogens with zero attached hydrogens (tertiary/aromatic N) is 2. The van der Waals surface area contributed by atoms with Crippen molar-refractivity contribution < 1.29 is 0 Å². The molecule has 1 aliphatic rings. The van der Waals surface area contributed by atoms with Gasteiger partial charge in [0.2, 0.25) is 0 Å². The largest absolute Gasteiger partial charge is 0.380 e.